The van der Waals surface area contributed by atoms with E-state index in [1.807, 2.05) is 51.1 Å². The molecule has 29 heavy (non-hydrogen) atoms. The molecule has 146 valence electrons. The Morgan fingerprint density at radius 3 is 2.59 bits per heavy atom. The van der Waals surface area contributed by atoms with Gasteiger partial charge >= 0.3 is 0 Å². The summed E-state index contributed by atoms with van der Waals surface area (Å²) < 4.78 is 16.9. The maximum atomic E-state index is 14.5. The summed E-state index contributed by atoms with van der Waals surface area (Å²) in [5.41, 5.74) is 4.23. The number of nitrogens with one attached hydrogen (secondary N) is 1. The lowest BCUT2D eigenvalue weighted by Crippen LogP contribution is -2.13. The SMILES string of the molecule is Cc1cccc(NC(=O)/C(C#N)=C\c2cc(C)n(-c3ccc(Br)cc3F)c2C)c1. The van der Waals surface area contributed by atoms with Crippen LogP contribution in [0.3, 0.4) is 0 Å². The molecule has 0 saturated carbocycles. The Hall–Kier alpha value is -3.17. The summed E-state index contributed by atoms with van der Waals surface area (Å²) >= 11 is 3.26. The standard InChI is InChI=1S/C23H19BrFN3O/c1-14-5-4-6-20(9-14)27-23(29)18(13-26)11-17-10-15(2)28(16(17)3)22-8-7-19(24)12-21(22)25/h4-12H,1-3H3,(H,27,29)/b18-11-. The number of hydrogen-bond donors (Lipinski definition) is 1. The molecule has 1 N–H and O–H groups in total. The molecule has 3 aromatic rings. The van der Waals surface area contributed by atoms with Crippen molar-refractivity contribution >= 4 is 33.6 Å². The van der Waals surface area contributed by atoms with E-state index >= 15 is 0 Å². The van der Waals surface area contributed by atoms with E-state index in [9.17, 15) is 14.4 Å². The maximum absolute atomic E-state index is 14.5. The van der Waals surface area contributed by atoms with Crippen LogP contribution >= 0.6 is 15.9 Å². The zero-order valence-electron chi connectivity index (χ0n) is 16.3. The molecule has 1 aromatic heterocycles. The molecule has 1 amide bonds. The van der Waals surface area contributed by atoms with Gasteiger partial charge in [-0.05, 0) is 74.4 Å². The Balaban J connectivity index is 1.96. The van der Waals surface area contributed by atoms with E-state index in [2.05, 4.69) is 21.2 Å². The molecule has 0 fully saturated rings. The lowest BCUT2D eigenvalue weighted by Gasteiger charge is -2.11. The molecule has 0 aliphatic carbocycles. The van der Waals surface area contributed by atoms with E-state index in [-0.39, 0.29) is 11.4 Å². The molecule has 0 aliphatic rings. The molecule has 2 aromatic carbocycles. The highest BCUT2D eigenvalue weighted by molar-refractivity contribution is 9.10. The number of anilines is 1. The summed E-state index contributed by atoms with van der Waals surface area (Å²) in [5.74, 6) is -0.855. The Morgan fingerprint density at radius 2 is 1.93 bits per heavy atom. The number of benzene rings is 2. The summed E-state index contributed by atoms with van der Waals surface area (Å²) in [6, 6.07) is 16.0. The molecule has 0 unspecified atom stereocenters. The fraction of sp³-hybridized carbons (Fsp3) is 0.130. The Kier molecular flexibility index (Phi) is 6.00. The minimum Gasteiger partial charge on any atom is -0.321 e. The van der Waals surface area contributed by atoms with Gasteiger partial charge in [0.05, 0.1) is 5.69 Å². The summed E-state index contributed by atoms with van der Waals surface area (Å²) in [6.07, 6.45) is 1.53. The van der Waals surface area contributed by atoms with Gasteiger partial charge < -0.3 is 9.88 Å². The van der Waals surface area contributed by atoms with E-state index < -0.39 is 5.91 Å². The summed E-state index contributed by atoms with van der Waals surface area (Å²) in [7, 11) is 0. The van der Waals surface area contributed by atoms with Crippen LogP contribution in [0.1, 0.15) is 22.5 Å². The van der Waals surface area contributed by atoms with Gasteiger partial charge in [-0.15, -0.1) is 0 Å². The third-order valence-corrected chi connectivity index (χ3v) is 5.06. The number of amides is 1. The number of carbonyl (C=O) groups excluding carboxylic acids is 1. The minimum atomic E-state index is -0.488. The molecule has 0 atom stereocenters. The Labute approximate surface area is 177 Å². The first-order chi connectivity index (χ1) is 13.8. The van der Waals surface area contributed by atoms with Crippen molar-refractivity contribution in [1.29, 1.82) is 5.26 Å². The number of hydrogen-bond acceptors (Lipinski definition) is 2. The van der Waals surface area contributed by atoms with Crippen LogP contribution in [-0.2, 0) is 4.79 Å². The van der Waals surface area contributed by atoms with Gasteiger partial charge in [0, 0.05) is 21.5 Å². The highest BCUT2D eigenvalue weighted by atomic mass is 79.9. The fourth-order valence-electron chi connectivity index (χ4n) is 3.19. The average Bonchev–Trinajstić information content (AvgIpc) is 2.93. The van der Waals surface area contributed by atoms with Gasteiger partial charge in [-0.25, -0.2) is 4.39 Å². The quantitative estimate of drug-likeness (QED) is 0.399. The van der Waals surface area contributed by atoms with Crippen LogP contribution in [0.15, 0.2) is 58.6 Å². The van der Waals surface area contributed by atoms with Crippen molar-refractivity contribution in [2.45, 2.75) is 20.8 Å². The van der Waals surface area contributed by atoms with Gasteiger partial charge in [0.2, 0.25) is 0 Å². The summed E-state index contributed by atoms with van der Waals surface area (Å²) in [6.45, 7) is 5.60. The van der Waals surface area contributed by atoms with Crippen LogP contribution in [0, 0.1) is 37.9 Å². The van der Waals surface area contributed by atoms with Crippen molar-refractivity contribution in [3.63, 3.8) is 0 Å². The maximum Gasteiger partial charge on any atom is 0.266 e. The number of rotatable bonds is 4. The molecule has 6 heteroatoms. The van der Waals surface area contributed by atoms with Gasteiger partial charge in [-0.2, -0.15) is 5.26 Å². The largest absolute Gasteiger partial charge is 0.321 e. The topological polar surface area (TPSA) is 57.8 Å². The first-order valence-corrected chi connectivity index (χ1v) is 9.73. The van der Waals surface area contributed by atoms with Gasteiger partial charge in [-0.1, -0.05) is 28.1 Å². The number of aromatic nitrogens is 1. The van der Waals surface area contributed by atoms with Crippen LogP contribution in [-0.4, -0.2) is 10.5 Å². The van der Waals surface area contributed by atoms with E-state index in [1.165, 1.54) is 12.1 Å². The van der Waals surface area contributed by atoms with Crippen LogP contribution in [0.4, 0.5) is 10.1 Å². The molecule has 0 bridgehead atoms. The molecular formula is C23H19BrFN3O. The van der Waals surface area contributed by atoms with Crippen molar-refractivity contribution in [3.8, 4) is 11.8 Å². The lowest BCUT2D eigenvalue weighted by atomic mass is 10.1. The first-order valence-electron chi connectivity index (χ1n) is 8.94. The minimum absolute atomic E-state index is 0.0250. The zero-order valence-corrected chi connectivity index (χ0v) is 17.8. The summed E-state index contributed by atoms with van der Waals surface area (Å²) in [4.78, 5) is 12.6. The monoisotopic (exact) mass is 451 g/mol. The average molecular weight is 452 g/mol. The number of nitriles is 1. The summed E-state index contributed by atoms with van der Waals surface area (Å²) in [5, 5.41) is 12.2. The predicted molar refractivity (Wildman–Crippen MR) is 116 cm³/mol. The molecular weight excluding hydrogens is 433 g/mol. The van der Waals surface area contributed by atoms with Gasteiger partial charge in [-0.3, -0.25) is 4.79 Å². The number of nitrogens with zero attached hydrogens (tertiary/aromatic N) is 2. The normalized spacial score (nSPS) is 11.2. The van der Waals surface area contributed by atoms with Crippen molar-refractivity contribution < 1.29 is 9.18 Å². The van der Waals surface area contributed by atoms with Crippen molar-refractivity contribution in [2.75, 3.05) is 5.32 Å². The smallest absolute Gasteiger partial charge is 0.266 e. The molecule has 4 nitrogen and oxygen atoms in total. The Morgan fingerprint density at radius 1 is 1.17 bits per heavy atom. The van der Waals surface area contributed by atoms with Crippen LogP contribution in [0.5, 0.6) is 0 Å². The number of carbonyl (C=O) groups is 1. The third-order valence-electron chi connectivity index (χ3n) is 4.56. The van der Waals surface area contributed by atoms with Crippen LogP contribution < -0.4 is 5.32 Å². The Bertz CT molecular complexity index is 1170. The van der Waals surface area contributed by atoms with Gasteiger partial charge in [0.1, 0.15) is 17.5 Å². The van der Waals surface area contributed by atoms with Crippen molar-refractivity contribution in [3.05, 3.63) is 86.9 Å². The van der Waals surface area contributed by atoms with Gasteiger partial charge in [0.15, 0.2) is 0 Å². The van der Waals surface area contributed by atoms with E-state index in [0.29, 0.717) is 21.4 Å². The van der Waals surface area contributed by atoms with Crippen LogP contribution in [0.2, 0.25) is 0 Å². The highest BCUT2D eigenvalue weighted by Crippen LogP contribution is 2.26. The molecule has 3 rings (SSSR count). The van der Waals surface area contributed by atoms with Crippen molar-refractivity contribution in [1.82, 2.24) is 4.57 Å². The molecule has 0 saturated heterocycles. The third kappa shape index (κ3) is 4.47. The predicted octanol–water partition coefficient (Wildman–Crippen LogP) is 5.85. The van der Waals surface area contributed by atoms with Crippen LogP contribution in [0.25, 0.3) is 11.8 Å². The van der Waals surface area contributed by atoms with Crippen molar-refractivity contribution in [2.24, 2.45) is 0 Å². The molecule has 0 aliphatic heterocycles. The van der Waals surface area contributed by atoms with E-state index in [4.69, 9.17) is 0 Å². The van der Waals surface area contributed by atoms with E-state index in [1.54, 1.807) is 22.8 Å². The number of halogens is 2. The second-order valence-corrected chi connectivity index (χ2v) is 7.67. The molecule has 1 heterocycles. The molecule has 0 spiro atoms. The van der Waals surface area contributed by atoms with E-state index in [0.717, 1.165) is 17.0 Å². The fourth-order valence-corrected chi connectivity index (χ4v) is 3.53. The second kappa shape index (κ2) is 8.46. The zero-order chi connectivity index (χ0) is 21.1. The first kappa shape index (κ1) is 20.6. The highest BCUT2D eigenvalue weighted by Gasteiger charge is 2.16. The second-order valence-electron chi connectivity index (χ2n) is 6.75. The lowest BCUT2D eigenvalue weighted by molar-refractivity contribution is -0.112. The van der Waals surface area contributed by atoms with Gasteiger partial charge in [0.25, 0.3) is 5.91 Å². The number of aryl methyl sites for hydroxylation is 2. The molecule has 0 radical (unpaired) electrons.